The number of halogens is 1. The van der Waals surface area contributed by atoms with Crippen LogP contribution < -0.4 is 14.8 Å². The van der Waals surface area contributed by atoms with E-state index >= 15 is 0 Å². The minimum absolute atomic E-state index is 0.0158. The molecule has 7 rings (SSSR count). The molecule has 1 saturated heterocycles. The van der Waals surface area contributed by atoms with Gasteiger partial charge < -0.3 is 14.8 Å². The number of amides is 1. The van der Waals surface area contributed by atoms with Crippen LogP contribution >= 0.6 is 11.6 Å². The van der Waals surface area contributed by atoms with Gasteiger partial charge in [0, 0.05) is 35.7 Å². The molecule has 2 aliphatic heterocycles. The molecule has 1 spiro atoms. The van der Waals surface area contributed by atoms with E-state index in [0.29, 0.717) is 29.4 Å². The Morgan fingerprint density at radius 3 is 2.74 bits per heavy atom. The summed E-state index contributed by atoms with van der Waals surface area (Å²) < 4.78 is 12.8. The summed E-state index contributed by atoms with van der Waals surface area (Å²) in [5, 5.41) is 4.21. The standard InChI is InChI=1S/C32H35ClN2O4/c1-19(2)38-25-11-8-22-17-26-32(34-27(37)12-7-20-5-9-23(33)10-6-20)14-13-24(36)30-31(32,28(22)29(25)39-30)15-16-35(26)18-21-3-4-21/h5-12,19,21,26,30H,3-4,13-18H2,1-2H3,(H,34,37)/b12-7+/t26-,30+,31+,32-/m1/s1. The quantitative estimate of drug-likeness (QED) is 0.490. The van der Waals surface area contributed by atoms with Crippen LogP contribution in [0, 0.1) is 5.92 Å². The van der Waals surface area contributed by atoms with Gasteiger partial charge in [-0.05, 0) is 93.8 Å². The molecule has 2 saturated carbocycles. The molecule has 39 heavy (non-hydrogen) atoms. The van der Waals surface area contributed by atoms with Crippen molar-refractivity contribution < 1.29 is 19.1 Å². The molecule has 4 atom stereocenters. The van der Waals surface area contributed by atoms with Crippen molar-refractivity contribution in [1.82, 2.24) is 10.2 Å². The van der Waals surface area contributed by atoms with E-state index in [4.69, 9.17) is 21.1 Å². The molecule has 3 aliphatic carbocycles. The molecule has 2 aromatic rings. The first-order valence-corrected chi connectivity index (χ1v) is 14.7. The first kappa shape index (κ1) is 25.2. The largest absolute Gasteiger partial charge is 0.487 e. The van der Waals surface area contributed by atoms with Gasteiger partial charge in [-0.25, -0.2) is 0 Å². The van der Waals surface area contributed by atoms with Crippen LogP contribution in [0.5, 0.6) is 11.5 Å². The first-order chi connectivity index (χ1) is 18.8. The number of benzene rings is 2. The number of ketones is 1. The van der Waals surface area contributed by atoms with Gasteiger partial charge in [0.2, 0.25) is 5.91 Å². The lowest BCUT2D eigenvalue weighted by Crippen LogP contribution is -2.81. The van der Waals surface area contributed by atoms with E-state index in [-0.39, 0.29) is 23.8 Å². The molecule has 2 bridgehead atoms. The number of carbonyl (C=O) groups is 2. The van der Waals surface area contributed by atoms with Gasteiger partial charge in [-0.1, -0.05) is 29.8 Å². The number of Topliss-reactive ketones (excluding diaryl/α,β-unsaturated/α-hetero) is 1. The van der Waals surface area contributed by atoms with Crippen LogP contribution in [-0.2, 0) is 21.4 Å². The molecule has 3 fully saturated rings. The monoisotopic (exact) mass is 546 g/mol. The van der Waals surface area contributed by atoms with Gasteiger partial charge in [0.15, 0.2) is 23.4 Å². The summed E-state index contributed by atoms with van der Waals surface area (Å²) in [5.41, 5.74) is 2.03. The zero-order valence-electron chi connectivity index (χ0n) is 22.5. The third kappa shape index (κ3) is 3.86. The number of nitrogens with zero attached hydrogens (tertiary/aromatic N) is 1. The maximum atomic E-state index is 13.7. The Kier molecular flexibility index (Phi) is 5.87. The molecule has 5 aliphatic rings. The lowest BCUT2D eigenvalue weighted by Gasteiger charge is -2.65. The Hall–Kier alpha value is -2.83. The number of piperidine rings is 1. The van der Waals surface area contributed by atoms with Gasteiger partial charge in [-0.15, -0.1) is 0 Å². The molecular formula is C32H35ClN2O4. The molecule has 1 amide bonds. The Labute approximate surface area is 234 Å². The molecule has 2 heterocycles. The van der Waals surface area contributed by atoms with E-state index in [1.165, 1.54) is 18.4 Å². The number of nitrogens with one attached hydrogen (secondary N) is 1. The van der Waals surface area contributed by atoms with Crippen LogP contribution in [0.15, 0.2) is 42.5 Å². The fourth-order valence-corrected chi connectivity index (χ4v) is 8.03. The van der Waals surface area contributed by atoms with Crippen molar-refractivity contribution in [3.05, 3.63) is 64.2 Å². The molecule has 0 radical (unpaired) electrons. The highest BCUT2D eigenvalue weighted by Crippen LogP contribution is 2.65. The highest BCUT2D eigenvalue weighted by Gasteiger charge is 2.74. The minimum atomic E-state index is -0.608. The van der Waals surface area contributed by atoms with Gasteiger partial charge in [-0.2, -0.15) is 0 Å². The van der Waals surface area contributed by atoms with Crippen molar-refractivity contribution >= 4 is 29.4 Å². The second-order valence-corrected chi connectivity index (χ2v) is 12.7. The molecule has 0 aromatic heterocycles. The fraction of sp³-hybridized carbons (Fsp3) is 0.500. The number of hydrogen-bond acceptors (Lipinski definition) is 5. The van der Waals surface area contributed by atoms with Crippen molar-refractivity contribution in [1.29, 1.82) is 0 Å². The number of ether oxygens (including phenoxy) is 2. The SMILES string of the molecule is CC(C)Oc1ccc2c3c1O[C@H]1C(=O)CC[C@@]4(NC(=O)/C=C/c5ccc(Cl)cc5)[C@@H](C2)N(CC2CC2)CC[C@]314. The van der Waals surface area contributed by atoms with Crippen LogP contribution in [-0.4, -0.2) is 53.5 Å². The lowest BCUT2D eigenvalue weighted by molar-refractivity contribution is -0.148. The van der Waals surface area contributed by atoms with Gasteiger partial charge in [0.1, 0.15) is 0 Å². The van der Waals surface area contributed by atoms with Gasteiger partial charge in [0.25, 0.3) is 0 Å². The van der Waals surface area contributed by atoms with Crippen molar-refractivity contribution in [3.8, 4) is 11.5 Å². The maximum absolute atomic E-state index is 13.7. The predicted molar refractivity (Wildman–Crippen MR) is 150 cm³/mol. The molecule has 0 unspecified atom stereocenters. The lowest BCUT2D eigenvalue weighted by atomic mass is 9.47. The van der Waals surface area contributed by atoms with Crippen molar-refractivity contribution in [2.24, 2.45) is 5.92 Å². The minimum Gasteiger partial charge on any atom is -0.487 e. The maximum Gasteiger partial charge on any atom is 0.244 e. The van der Waals surface area contributed by atoms with Gasteiger partial charge in [0.05, 0.1) is 17.1 Å². The predicted octanol–water partition coefficient (Wildman–Crippen LogP) is 5.10. The van der Waals surface area contributed by atoms with Gasteiger partial charge in [-0.3, -0.25) is 14.5 Å². The van der Waals surface area contributed by atoms with E-state index in [2.05, 4.69) is 16.3 Å². The first-order valence-electron chi connectivity index (χ1n) is 14.3. The average molecular weight is 547 g/mol. The summed E-state index contributed by atoms with van der Waals surface area (Å²) in [4.78, 5) is 29.9. The molecule has 204 valence electrons. The van der Waals surface area contributed by atoms with Crippen LogP contribution in [0.2, 0.25) is 5.02 Å². The summed E-state index contributed by atoms with van der Waals surface area (Å²) in [6, 6.07) is 11.7. The van der Waals surface area contributed by atoms with Crippen molar-refractivity contribution in [2.75, 3.05) is 13.1 Å². The smallest absolute Gasteiger partial charge is 0.244 e. The highest BCUT2D eigenvalue weighted by molar-refractivity contribution is 6.30. The number of rotatable bonds is 7. The van der Waals surface area contributed by atoms with Crippen LogP contribution in [0.3, 0.4) is 0 Å². The van der Waals surface area contributed by atoms with Crippen LogP contribution in [0.4, 0.5) is 0 Å². The van der Waals surface area contributed by atoms with Crippen molar-refractivity contribution in [3.63, 3.8) is 0 Å². The zero-order valence-corrected chi connectivity index (χ0v) is 23.3. The average Bonchev–Trinajstić information content (AvgIpc) is 3.65. The topological polar surface area (TPSA) is 67.9 Å². The van der Waals surface area contributed by atoms with Crippen LogP contribution in [0.1, 0.15) is 62.6 Å². The number of carbonyl (C=O) groups excluding carboxylic acids is 2. The zero-order chi connectivity index (χ0) is 26.9. The molecule has 7 heteroatoms. The Morgan fingerprint density at radius 1 is 1.21 bits per heavy atom. The third-order valence-electron chi connectivity index (χ3n) is 9.60. The summed E-state index contributed by atoms with van der Waals surface area (Å²) >= 11 is 6.04. The Balaban J connectivity index is 1.34. The Morgan fingerprint density at radius 2 is 2.00 bits per heavy atom. The highest BCUT2D eigenvalue weighted by atomic mass is 35.5. The Bertz CT molecular complexity index is 1370. The second kappa shape index (κ2) is 9.10. The normalized spacial score (nSPS) is 30.8. The van der Waals surface area contributed by atoms with E-state index in [9.17, 15) is 9.59 Å². The summed E-state index contributed by atoms with van der Waals surface area (Å²) in [7, 11) is 0. The number of likely N-dealkylation sites (tertiary alicyclic amines) is 1. The van der Waals surface area contributed by atoms with E-state index in [0.717, 1.165) is 43.0 Å². The van der Waals surface area contributed by atoms with E-state index in [1.54, 1.807) is 6.08 Å². The van der Waals surface area contributed by atoms with E-state index in [1.807, 2.05) is 50.3 Å². The van der Waals surface area contributed by atoms with Crippen LogP contribution in [0.25, 0.3) is 6.08 Å². The number of hydrogen-bond donors (Lipinski definition) is 1. The van der Waals surface area contributed by atoms with E-state index < -0.39 is 17.1 Å². The molecule has 6 nitrogen and oxygen atoms in total. The summed E-state index contributed by atoms with van der Waals surface area (Å²) in [6.07, 6.45) is 7.98. The molecular weight excluding hydrogens is 512 g/mol. The molecule has 2 aromatic carbocycles. The second-order valence-electron chi connectivity index (χ2n) is 12.3. The molecule has 1 N–H and O–H groups in total. The van der Waals surface area contributed by atoms with Crippen molar-refractivity contribution in [2.45, 2.75) is 81.6 Å². The fourth-order valence-electron chi connectivity index (χ4n) is 7.91. The van der Waals surface area contributed by atoms with Gasteiger partial charge >= 0.3 is 0 Å². The summed E-state index contributed by atoms with van der Waals surface area (Å²) in [5.74, 6) is 2.14. The third-order valence-corrected chi connectivity index (χ3v) is 9.86. The summed E-state index contributed by atoms with van der Waals surface area (Å²) in [6.45, 7) is 5.96.